The van der Waals surface area contributed by atoms with E-state index in [0.717, 1.165) is 12.1 Å². The first-order valence-corrected chi connectivity index (χ1v) is 9.51. The first kappa shape index (κ1) is 17.5. The summed E-state index contributed by atoms with van der Waals surface area (Å²) in [5.41, 5.74) is 2.13. The number of nitrogens with one attached hydrogen (secondary N) is 1. The van der Waals surface area contributed by atoms with Crippen molar-refractivity contribution >= 4 is 35.3 Å². The fourth-order valence-electron chi connectivity index (χ4n) is 3.07. The number of benzene rings is 1. The molecule has 2 aromatic rings. The number of fused-ring (bicyclic) bond motifs is 1. The molecule has 1 aromatic heterocycles. The van der Waals surface area contributed by atoms with Crippen LogP contribution in [-0.2, 0) is 22.6 Å². The highest BCUT2D eigenvalue weighted by atomic mass is 32.2. The second-order valence-corrected chi connectivity index (χ2v) is 7.13. The molecule has 0 saturated carbocycles. The van der Waals surface area contributed by atoms with Crippen LogP contribution in [0.15, 0.2) is 33.9 Å². The van der Waals surface area contributed by atoms with Gasteiger partial charge >= 0.3 is 6.03 Å². The normalized spacial score (nSPS) is 16.4. The van der Waals surface area contributed by atoms with Crippen LogP contribution in [-0.4, -0.2) is 51.8 Å². The summed E-state index contributed by atoms with van der Waals surface area (Å²) in [6.07, 6.45) is 1.10. The zero-order chi connectivity index (χ0) is 18.8. The number of carbonyl (C=O) groups is 3. The van der Waals surface area contributed by atoms with Gasteiger partial charge in [-0.15, -0.1) is 10.2 Å². The summed E-state index contributed by atoms with van der Waals surface area (Å²) in [7, 11) is 0. The smallest absolute Gasteiger partial charge is 0.324 e. The maximum absolute atomic E-state index is 12.5. The van der Waals surface area contributed by atoms with E-state index in [0.29, 0.717) is 13.1 Å². The summed E-state index contributed by atoms with van der Waals surface area (Å²) >= 11 is 1.17. The molecule has 0 atom stereocenters. The summed E-state index contributed by atoms with van der Waals surface area (Å²) in [6.45, 7) is 1.11. The Morgan fingerprint density at radius 3 is 2.89 bits per heavy atom. The summed E-state index contributed by atoms with van der Waals surface area (Å²) in [4.78, 5) is 38.6. The molecular formula is C17H17N5O4S. The number of imide groups is 1. The Balaban J connectivity index is 1.32. The first-order chi connectivity index (χ1) is 13.1. The van der Waals surface area contributed by atoms with Crippen LogP contribution < -0.4 is 10.2 Å². The Labute approximate surface area is 159 Å². The largest absolute Gasteiger partial charge is 0.414 e. The monoisotopic (exact) mass is 387 g/mol. The van der Waals surface area contributed by atoms with Crippen molar-refractivity contribution in [2.24, 2.45) is 0 Å². The molecule has 0 bridgehead atoms. The Hall–Kier alpha value is -2.88. The van der Waals surface area contributed by atoms with Gasteiger partial charge in [-0.05, 0) is 18.1 Å². The fourth-order valence-corrected chi connectivity index (χ4v) is 3.73. The van der Waals surface area contributed by atoms with Crippen molar-refractivity contribution in [3.63, 3.8) is 0 Å². The predicted molar refractivity (Wildman–Crippen MR) is 96.1 cm³/mol. The minimum Gasteiger partial charge on any atom is -0.414 e. The minimum absolute atomic E-state index is 0.0152. The molecule has 4 amide bonds. The number of urea groups is 1. The number of hydrogen-bond acceptors (Lipinski definition) is 7. The molecule has 0 aliphatic carbocycles. The van der Waals surface area contributed by atoms with Gasteiger partial charge in [0.25, 0.3) is 5.22 Å². The molecule has 3 heterocycles. The van der Waals surface area contributed by atoms with Gasteiger partial charge in [-0.3, -0.25) is 14.9 Å². The molecule has 1 fully saturated rings. The van der Waals surface area contributed by atoms with E-state index < -0.39 is 6.03 Å². The third-order valence-electron chi connectivity index (χ3n) is 4.42. The van der Waals surface area contributed by atoms with Crippen molar-refractivity contribution in [1.29, 1.82) is 0 Å². The van der Waals surface area contributed by atoms with Gasteiger partial charge in [0.05, 0.1) is 5.75 Å². The highest BCUT2D eigenvalue weighted by Gasteiger charge is 2.26. The number of carbonyl (C=O) groups excluding carboxylic acids is 3. The van der Waals surface area contributed by atoms with Gasteiger partial charge in [-0.1, -0.05) is 30.0 Å². The van der Waals surface area contributed by atoms with Gasteiger partial charge in [0.1, 0.15) is 6.54 Å². The van der Waals surface area contributed by atoms with Crippen LogP contribution in [0.25, 0.3) is 0 Å². The molecule has 2 aliphatic rings. The number of anilines is 1. The maximum Gasteiger partial charge on any atom is 0.324 e. The lowest BCUT2D eigenvalue weighted by atomic mass is 10.2. The van der Waals surface area contributed by atoms with Crippen LogP contribution in [0.2, 0.25) is 0 Å². The van der Waals surface area contributed by atoms with Crippen LogP contribution in [0.4, 0.5) is 10.5 Å². The van der Waals surface area contributed by atoms with Gasteiger partial charge < -0.3 is 14.2 Å². The predicted octanol–water partition coefficient (Wildman–Crippen LogP) is 1.19. The molecular weight excluding hydrogens is 370 g/mol. The number of rotatable bonds is 5. The van der Waals surface area contributed by atoms with E-state index >= 15 is 0 Å². The Morgan fingerprint density at radius 2 is 2.04 bits per heavy atom. The maximum atomic E-state index is 12.5. The van der Waals surface area contributed by atoms with Gasteiger partial charge in [0, 0.05) is 25.2 Å². The van der Waals surface area contributed by atoms with Crippen molar-refractivity contribution < 1.29 is 18.8 Å². The highest BCUT2D eigenvalue weighted by Crippen LogP contribution is 2.28. The molecule has 0 spiro atoms. The first-order valence-electron chi connectivity index (χ1n) is 8.52. The minimum atomic E-state index is -0.471. The molecule has 9 nitrogen and oxygen atoms in total. The lowest BCUT2D eigenvalue weighted by Crippen LogP contribution is -2.48. The van der Waals surface area contributed by atoms with Crippen molar-refractivity contribution in [2.45, 2.75) is 24.6 Å². The number of amides is 4. The van der Waals surface area contributed by atoms with E-state index in [-0.39, 0.29) is 41.6 Å². The van der Waals surface area contributed by atoms with Crippen LogP contribution in [0, 0.1) is 0 Å². The van der Waals surface area contributed by atoms with Crippen molar-refractivity contribution in [3.05, 3.63) is 35.7 Å². The lowest BCUT2D eigenvalue weighted by Gasteiger charge is -2.24. The van der Waals surface area contributed by atoms with Gasteiger partial charge in [0.2, 0.25) is 17.7 Å². The molecule has 140 valence electrons. The van der Waals surface area contributed by atoms with E-state index in [9.17, 15) is 14.4 Å². The van der Waals surface area contributed by atoms with E-state index in [1.54, 1.807) is 4.90 Å². The summed E-state index contributed by atoms with van der Waals surface area (Å²) in [5, 5.41) is 10.3. The summed E-state index contributed by atoms with van der Waals surface area (Å²) in [6, 6.07) is 7.40. The van der Waals surface area contributed by atoms with E-state index in [1.165, 1.54) is 22.2 Å². The van der Waals surface area contributed by atoms with Gasteiger partial charge in [-0.2, -0.15) is 0 Å². The molecule has 1 saturated heterocycles. The molecule has 1 N–H and O–H groups in total. The van der Waals surface area contributed by atoms with Gasteiger partial charge in [-0.25, -0.2) is 4.79 Å². The fraction of sp³-hybridized carbons (Fsp3) is 0.353. The second kappa shape index (κ2) is 7.39. The second-order valence-electron chi connectivity index (χ2n) is 6.20. The molecule has 27 heavy (non-hydrogen) atoms. The van der Waals surface area contributed by atoms with Crippen molar-refractivity contribution in [1.82, 2.24) is 20.4 Å². The molecule has 0 unspecified atom stereocenters. The number of hydrogen-bond donors (Lipinski definition) is 1. The lowest BCUT2D eigenvalue weighted by molar-refractivity contribution is -0.121. The average Bonchev–Trinajstić information content (AvgIpc) is 3.29. The third-order valence-corrected chi connectivity index (χ3v) is 5.23. The number of thioether (sulfide) groups is 1. The average molecular weight is 387 g/mol. The number of para-hydroxylation sites is 1. The Kier molecular flexibility index (Phi) is 4.80. The molecule has 10 heteroatoms. The van der Waals surface area contributed by atoms with Crippen LogP contribution in [0.3, 0.4) is 0 Å². The van der Waals surface area contributed by atoms with E-state index in [1.807, 2.05) is 24.3 Å². The molecule has 2 aliphatic heterocycles. The standard InChI is InChI=1S/C17H17N5O4S/c23-13-6-7-21(16(25)18-13)9-14-19-20-17(26-14)27-10-15(24)22-8-5-11-3-1-2-4-12(11)22/h1-4H,5-10H2,(H,18,23,25). The molecule has 1 aromatic carbocycles. The Morgan fingerprint density at radius 1 is 1.19 bits per heavy atom. The number of aromatic nitrogens is 2. The number of nitrogens with zero attached hydrogens (tertiary/aromatic N) is 4. The quantitative estimate of drug-likeness (QED) is 0.768. The summed E-state index contributed by atoms with van der Waals surface area (Å²) < 4.78 is 5.51. The topological polar surface area (TPSA) is 109 Å². The van der Waals surface area contributed by atoms with E-state index in [2.05, 4.69) is 15.5 Å². The van der Waals surface area contributed by atoms with Crippen molar-refractivity contribution in [3.8, 4) is 0 Å². The van der Waals surface area contributed by atoms with Crippen molar-refractivity contribution in [2.75, 3.05) is 23.7 Å². The summed E-state index contributed by atoms with van der Waals surface area (Å²) in [5.74, 6) is 0.147. The zero-order valence-electron chi connectivity index (χ0n) is 14.4. The van der Waals surface area contributed by atoms with Crippen LogP contribution in [0.5, 0.6) is 0 Å². The van der Waals surface area contributed by atoms with Crippen LogP contribution >= 0.6 is 11.8 Å². The zero-order valence-corrected chi connectivity index (χ0v) is 15.2. The Bertz CT molecular complexity index is 899. The molecule has 4 rings (SSSR count). The SMILES string of the molecule is O=C1CCN(Cc2nnc(SCC(=O)N3CCc4ccccc43)o2)C(=O)N1. The molecule has 0 radical (unpaired) electrons. The van der Waals surface area contributed by atoms with Gasteiger partial charge in [0.15, 0.2) is 0 Å². The van der Waals surface area contributed by atoms with E-state index in [4.69, 9.17) is 4.42 Å². The highest BCUT2D eigenvalue weighted by molar-refractivity contribution is 7.99. The third kappa shape index (κ3) is 3.80. The van der Waals surface area contributed by atoms with Crippen LogP contribution in [0.1, 0.15) is 17.9 Å².